The summed E-state index contributed by atoms with van der Waals surface area (Å²) in [6.07, 6.45) is 3.22. The first kappa shape index (κ1) is 14.4. The van der Waals surface area contributed by atoms with E-state index in [1.54, 1.807) is 11.8 Å². The largest absolute Gasteiger partial charge is 0.540 e. The fourth-order valence-electron chi connectivity index (χ4n) is 1.33. The Bertz CT molecular complexity index is 354. The lowest BCUT2D eigenvalue weighted by molar-refractivity contribution is 0.461. The molecule has 0 saturated heterocycles. The summed E-state index contributed by atoms with van der Waals surface area (Å²) in [5.41, 5.74) is 1.35. The van der Waals surface area contributed by atoms with Crippen molar-refractivity contribution in [3.8, 4) is 0 Å². The van der Waals surface area contributed by atoms with Crippen LogP contribution in [0.15, 0.2) is 41.5 Å². The average molecular weight is 266 g/mol. The molecule has 0 N–H and O–H groups in total. The summed E-state index contributed by atoms with van der Waals surface area (Å²) in [6, 6.07) is 10.5. The molecule has 1 aromatic carbocycles. The van der Waals surface area contributed by atoms with Gasteiger partial charge in [-0.1, -0.05) is 49.0 Å². The monoisotopic (exact) mass is 266 g/mol. The van der Waals surface area contributed by atoms with E-state index in [0.29, 0.717) is 0 Å². The molecule has 0 spiro atoms. The first-order valence-corrected chi connectivity index (χ1v) is 10.5. The Kier molecular flexibility index (Phi) is 5.85. The van der Waals surface area contributed by atoms with Gasteiger partial charge in [-0.15, -0.1) is 0 Å². The highest BCUT2D eigenvalue weighted by atomic mass is 32.2. The van der Waals surface area contributed by atoms with Crippen LogP contribution in [0.3, 0.4) is 0 Å². The summed E-state index contributed by atoms with van der Waals surface area (Å²) in [7, 11) is -1.48. The molecular formula is C14H22OSSi. The van der Waals surface area contributed by atoms with E-state index in [0.717, 1.165) is 17.3 Å². The predicted molar refractivity (Wildman–Crippen MR) is 80.5 cm³/mol. The van der Waals surface area contributed by atoms with Crippen LogP contribution in [0.2, 0.25) is 19.6 Å². The van der Waals surface area contributed by atoms with Crippen molar-refractivity contribution in [3.63, 3.8) is 0 Å². The molecule has 0 aliphatic carbocycles. The van der Waals surface area contributed by atoms with Crippen molar-refractivity contribution in [1.29, 1.82) is 0 Å². The van der Waals surface area contributed by atoms with E-state index in [4.69, 9.17) is 4.43 Å². The molecule has 0 amide bonds. The van der Waals surface area contributed by atoms with Gasteiger partial charge in [0.25, 0.3) is 0 Å². The van der Waals surface area contributed by atoms with Crippen molar-refractivity contribution in [2.75, 3.05) is 0 Å². The lowest BCUT2D eigenvalue weighted by Crippen LogP contribution is -2.24. The second kappa shape index (κ2) is 6.92. The minimum absolute atomic E-state index is 0.983. The third kappa shape index (κ3) is 6.59. The molecule has 3 heteroatoms. The minimum atomic E-state index is -1.48. The van der Waals surface area contributed by atoms with Crippen LogP contribution >= 0.6 is 11.8 Å². The molecule has 94 valence electrons. The van der Waals surface area contributed by atoms with Gasteiger partial charge in [0.15, 0.2) is 0 Å². The van der Waals surface area contributed by atoms with E-state index < -0.39 is 8.32 Å². The Balaban J connectivity index is 2.54. The van der Waals surface area contributed by atoms with Crippen LogP contribution in [0.5, 0.6) is 0 Å². The van der Waals surface area contributed by atoms with Crippen molar-refractivity contribution in [2.45, 2.75) is 38.7 Å². The molecule has 0 unspecified atom stereocenters. The van der Waals surface area contributed by atoms with Crippen molar-refractivity contribution < 1.29 is 4.43 Å². The van der Waals surface area contributed by atoms with Crippen LogP contribution in [-0.2, 0) is 10.2 Å². The third-order valence-corrected chi connectivity index (χ3v) is 3.99. The van der Waals surface area contributed by atoms with Gasteiger partial charge in [-0.05, 0) is 37.7 Å². The molecule has 1 rings (SSSR count). The Morgan fingerprint density at radius 1 is 1.24 bits per heavy atom. The standard InChI is InChI=1S/C14H22OSSi/c1-5-9-14(15-17(2,3)4)16-12-13-10-7-6-8-11-13/h6-11H,5,12H2,1-4H3/b14-9-. The first-order chi connectivity index (χ1) is 8.01. The molecule has 0 aliphatic heterocycles. The van der Waals surface area contributed by atoms with Gasteiger partial charge in [-0.3, -0.25) is 0 Å². The Morgan fingerprint density at radius 2 is 1.88 bits per heavy atom. The third-order valence-electron chi connectivity index (χ3n) is 2.00. The Hall–Kier alpha value is -0.673. The lowest BCUT2D eigenvalue weighted by Gasteiger charge is -2.21. The van der Waals surface area contributed by atoms with Gasteiger partial charge < -0.3 is 4.43 Å². The van der Waals surface area contributed by atoms with E-state index in [9.17, 15) is 0 Å². The number of thioether (sulfide) groups is 1. The van der Waals surface area contributed by atoms with Gasteiger partial charge >= 0.3 is 0 Å². The maximum Gasteiger partial charge on any atom is 0.242 e. The Morgan fingerprint density at radius 3 is 2.41 bits per heavy atom. The molecule has 0 radical (unpaired) electrons. The number of benzene rings is 1. The molecular weight excluding hydrogens is 244 g/mol. The van der Waals surface area contributed by atoms with Crippen LogP contribution in [-0.4, -0.2) is 8.32 Å². The van der Waals surface area contributed by atoms with E-state index in [1.165, 1.54) is 5.56 Å². The summed E-state index contributed by atoms with van der Waals surface area (Å²) in [5.74, 6) is 0.983. The van der Waals surface area contributed by atoms with Gasteiger partial charge in [-0.2, -0.15) is 0 Å². The SMILES string of the molecule is CC/C=C(/O[Si](C)(C)C)SCc1ccccc1. The fourth-order valence-corrected chi connectivity index (χ4v) is 3.79. The lowest BCUT2D eigenvalue weighted by atomic mass is 10.2. The van der Waals surface area contributed by atoms with Crippen LogP contribution in [0, 0.1) is 0 Å². The molecule has 0 aliphatic rings. The minimum Gasteiger partial charge on any atom is -0.540 e. The molecule has 0 bridgehead atoms. The predicted octanol–water partition coefficient (Wildman–Crippen LogP) is 5.02. The molecule has 0 saturated carbocycles. The summed E-state index contributed by atoms with van der Waals surface area (Å²) in [6.45, 7) is 8.81. The zero-order valence-corrected chi connectivity index (χ0v) is 13.0. The van der Waals surface area contributed by atoms with Crippen molar-refractivity contribution in [2.24, 2.45) is 0 Å². The number of rotatable bonds is 6. The molecule has 1 aromatic rings. The summed E-state index contributed by atoms with van der Waals surface area (Å²) < 4.78 is 6.06. The quantitative estimate of drug-likeness (QED) is 0.528. The molecule has 0 atom stereocenters. The van der Waals surface area contributed by atoms with Gasteiger partial charge in [0.1, 0.15) is 5.09 Å². The maximum atomic E-state index is 6.06. The van der Waals surface area contributed by atoms with Gasteiger partial charge in [0, 0.05) is 5.75 Å². The number of hydrogen-bond donors (Lipinski definition) is 0. The first-order valence-electron chi connectivity index (χ1n) is 6.07. The molecule has 0 heterocycles. The van der Waals surface area contributed by atoms with Crippen LogP contribution in [0.1, 0.15) is 18.9 Å². The molecule has 17 heavy (non-hydrogen) atoms. The summed E-state index contributed by atoms with van der Waals surface area (Å²) in [4.78, 5) is 0. The second-order valence-electron chi connectivity index (χ2n) is 4.92. The topological polar surface area (TPSA) is 9.23 Å². The fraction of sp³-hybridized carbons (Fsp3) is 0.429. The molecule has 1 nitrogen and oxygen atoms in total. The van der Waals surface area contributed by atoms with E-state index in [-0.39, 0.29) is 0 Å². The van der Waals surface area contributed by atoms with E-state index in [1.807, 2.05) is 0 Å². The van der Waals surface area contributed by atoms with Gasteiger partial charge in [0.05, 0.1) is 0 Å². The van der Waals surface area contributed by atoms with Crippen LogP contribution in [0.4, 0.5) is 0 Å². The molecule has 0 aromatic heterocycles. The van der Waals surface area contributed by atoms with Crippen LogP contribution < -0.4 is 0 Å². The van der Waals surface area contributed by atoms with Crippen molar-refractivity contribution in [1.82, 2.24) is 0 Å². The highest BCUT2D eigenvalue weighted by Crippen LogP contribution is 2.26. The van der Waals surface area contributed by atoms with Crippen LogP contribution in [0.25, 0.3) is 0 Å². The second-order valence-corrected chi connectivity index (χ2v) is 10.3. The molecule has 0 fully saturated rings. The van der Waals surface area contributed by atoms with E-state index >= 15 is 0 Å². The van der Waals surface area contributed by atoms with Crippen molar-refractivity contribution in [3.05, 3.63) is 47.1 Å². The number of allylic oxidation sites excluding steroid dienone is 1. The zero-order valence-electron chi connectivity index (χ0n) is 11.2. The summed E-state index contributed by atoms with van der Waals surface area (Å²) in [5, 5.41) is 1.09. The van der Waals surface area contributed by atoms with E-state index in [2.05, 4.69) is 63.0 Å². The normalized spacial score (nSPS) is 12.6. The zero-order chi connectivity index (χ0) is 12.7. The Labute approximate surface area is 110 Å². The van der Waals surface area contributed by atoms with Gasteiger partial charge in [-0.25, -0.2) is 0 Å². The van der Waals surface area contributed by atoms with Gasteiger partial charge in [0.2, 0.25) is 8.32 Å². The van der Waals surface area contributed by atoms with Crippen molar-refractivity contribution >= 4 is 20.1 Å². The average Bonchev–Trinajstić information content (AvgIpc) is 2.26. The summed E-state index contributed by atoms with van der Waals surface area (Å²) >= 11 is 1.80. The number of hydrogen-bond acceptors (Lipinski definition) is 2. The smallest absolute Gasteiger partial charge is 0.242 e. The highest BCUT2D eigenvalue weighted by Gasteiger charge is 2.17. The maximum absolute atomic E-state index is 6.06. The highest BCUT2D eigenvalue weighted by molar-refractivity contribution is 8.02.